The number of carbonyl (C=O) groups excluding carboxylic acids is 2. The van der Waals surface area contributed by atoms with Crippen molar-refractivity contribution in [3.8, 4) is 5.75 Å². The second-order valence-corrected chi connectivity index (χ2v) is 9.67. The molecule has 0 radical (unpaired) electrons. The number of benzene rings is 1. The summed E-state index contributed by atoms with van der Waals surface area (Å²) in [5.41, 5.74) is 0.108. The van der Waals surface area contributed by atoms with Gasteiger partial charge >= 0.3 is 0 Å². The number of nitrogens with zero attached hydrogens (tertiary/aromatic N) is 3. The highest BCUT2D eigenvalue weighted by atomic mass is 32.2. The van der Waals surface area contributed by atoms with Gasteiger partial charge in [0.15, 0.2) is 16.1 Å². The molecule has 1 aromatic heterocycles. The average molecular weight is 476 g/mol. The van der Waals surface area contributed by atoms with Crippen LogP contribution in [-0.4, -0.2) is 54.1 Å². The minimum absolute atomic E-state index is 0.0166. The van der Waals surface area contributed by atoms with Gasteiger partial charge in [-0.05, 0) is 56.9 Å². The summed E-state index contributed by atoms with van der Waals surface area (Å²) < 4.78 is 19.9. The zero-order valence-electron chi connectivity index (χ0n) is 17.6. The fraction of sp³-hybridized carbons (Fsp3) is 0.333. The summed E-state index contributed by atoms with van der Waals surface area (Å²) >= 11 is 2.40. The van der Waals surface area contributed by atoms with Crippen LogP contribution < -0.4 is 15.4 Å². The number of amidine groups is 1. The lowest BCUT2D eigenvalue weighted by atomic mass is 10.3. The Hall–Kier alpha value is -2.76. The van der Waals surface area contributed by atoms with E-state index in [2.05, 4.69) is 20.6 Å². The van der Waals surface area contributed by atoms with Crippen molar-refractivity contribution in [1.82, 2.24) is 15.2 Å². The molecule has 1 aliphatic heterocycles. The summed E-state index contributed by atoms with van der Waals surface area (Å²) in [5, 5.41) is 6.21. The lowest BCUT2D eigenvalue weighted by molar-refractivity contribution is -0.117. The van der Waals surface area contributed by atoms with E-state index in [1.54, 1.807) is 18.3 Å². The highest BCUT2D eigenvalue weighted by Gasteiger charge is 2.30. The number of rotatable bonds is 8. The molecule has 2 heterocycles. The standard InChI is InChI=1S/C21H22FN5O3S2/c1-27(2)7-8-30-13-5-6-16(15(22)9-13)24-21-26-19(29)17(32-21)10-14-11-23-20(31-14)25-18(28)12-3-4-12/h5-6,9-12H,3-4,7-8H2,1-2H3,(H,23,25,28)(H,24,26,29). The maximum Gasteiger partial charge on any atom is 0.264 e. The Kier molecular flexibility index (Phi) is 6.87. The number of hydrogen-bond acceptors (Lipinski definition) is 8. The zero-order chi connectivity index (χ0) is 22.7. The number of amides is 2. The van der Waals surface area contributed by atoms with Crippen LogP contribution in [0.1, 0.15) is 17.7 Å². The highest BCUT2D eigenvalue weighted by Crippen LogP contribution is 2.33. The number of anilines is 1. The van der Waals surface area contributed by atoms with Crippen molar-refractivity contribution in [2.75, 3.05) is 32.6 Å². The molecule has 0 spiro atoms. The number of hydrogen-bond donors (Lipinski definition) is 2. The van der Waals surface area contributed by atoms with Crippen molar-refractivity contribution in [2.45, 2.75) is 12.8 Å². The van der Waals surface area contributed by atoms with E-state index in [0.717, 1.165) is 36.0 Å². The van der Waals surface area contributed by atoms with Gasteiger partial charge in [0.2, 0.25) is 5.91 Å². The van der Waals surface area contributed by atoms with E-state index in [-0.39, 0.29) is 28.6 Å². The van der Waals surface area contributed by atoms with Crippen LogP contribution in [0.15, 0.2) is 34.3 Å². The van der Waals surface area contributed by atoms with Gasteiger partial charge in [-0.3, -0.25) is 9.59 Å². The van der Waals surface area contributed by atoms with E-state index < -0.39 is 5.82 Å². The van der Waals surface area contributed by atoms with Gasteiger partial charge in [-0.1, -0.05) is 11.3 Å². The Bertz CT molecular complexity index is 1090. The van der Waals surface area contributed by atoms with Crippen LogP contribution in [0.5, 0.6) is 5.75 Å². The van der Waals surface area contributed by atoms with E-state index in [0.29, 0.717) is 22.4 Å². The summed E-state index contributed by atoms with van der Waals surface area (Å²) in [6.07, 6.45) is 5.10. The molecule has 1 aliphatic carbocycles. The molecule has 0 atom stereocenters. The molecule has 1 aromatic carbocycles. The van der Waals surface area contributed by atoms with Crippen LogP contribution in [0.2, 0.25) is 0 Å². The second kappa shape index (κ2) is 9.80. The van der Waals surface area contributed by atoms with E-state index in [9.17, 15) is 14.0 Å². The third-order valence-electron chi connectivity index (χ3n) is 4.57. The quantitative estimate of drug-likeness (QED) is 0.568. The molecular weight excluding hydrogens is 453 g/mol. The molecule has 0 unspecified atom stereocenters. The van der Waals surface area contributed by atoms with Gasteiger partial charge in [-0.2, -0.15) is 0 Å². The molecule has 11 heteroatoms. The molecule has 2 aromatic rings. The predicted octanol–water partition coefficient (Wildman–Crippen LogP) is 3.46. The number of nitrogens with one attached hydrogen (secondary N) is 2. The summed E-state index contributed by atoms with van der Waals surface area (Å²) in [6.45, 7) is 1.17. The number of aromatic nitrogens is 1. The van der Waals surface area contributed by atoms with Crippen molar-refractivity contribution in [1.29, 1.82) is 0 Å². The van der Waals surface area contributed by atoms with Gasteiger partial charge < -0.3 is 20.3 Å². The van der Waals surface area contributed by atoms with Crippen molar-refractivity contribution in [3.05, 3.63) is 40.0 Å². The van der Waals surface area contributed by atoms with Gasteiger partial charge in [0.1, 0.15) is 18.0 Å². The van der Waals surface area contributed by atoms with Crippen LogP contribution in [0.4, 0.5) is 15.2 Å². The minimum Gasteiger partial charge on any atom is -0.492 e. The molecule has 32 heavy (non-hydrogen) atoms. The molecule has 8 nitrogen and oxygen atoms in total. The number of carbonyl (C=O) groups is 2. The van der Waals surface area contributed by atoms with Gasteiger partial charge in [0.05, 0.1) is 9.78 Å². The van der Waals surface area contributed by atoms with Crippen molar-refractivity contribution < 1.29 is 18.7 Å². The molecule has 168 valence electrons. The Morgan fingerprint density at radius 3 is 2.97 bits per heavy atom. The monoisotopic (exact) mass is 475 g/mol. The first-order valence-electron chi connectivity index (χ1n) is 10.0. The van der Waals surface area contributed by atoms with Crippen molar-refractivity contribution in [2.24, 2.45) is 10.9 Å². The summed E-state index contributed by atoms with van der Waals surface area (Å²) in [7, 11) is 3.86. The number of halogens is 1. The van der Waals surface area contributed by atoms with Gasteiger partial charge in [0.25, 0.3) is 5.91 Å². The largest absolute Gasteiger partial charge is 0.492 e. The number of aliphatic imine (C=N–C) groups is 1. The maximum atomic E-state index is 14.4. The van der Waals surface area contributed by atoms with Crippen LogP contribution in [-0.2, 0) is 9.59 Å². The smallest absolute Gasteiger partial charge is 0.264 e. The second-order valence-electron chi connectivity index (χ2n) is 7.58. The lowest BCUT2D eigenvalue weighted by Crippen LogP contribution is -2.19. The Morgan fingerprint density at radius 1 is 1.44 bits per heavy atom. The fourth-order valence-corrected chi connectivity index (χ4v) is 4.36. The van der Waals surface area contributed by atoms with Crippen LogP contribution in [0.3, 0.4) is 0 Å². The first kappa shape index (κ1) is 22.4. The number of thiazole rings is 1. The lowest BCUT2D eigenvalue weighted by Gasteiger charge is -2.11. The van der Waals surface area contributed by atoms with Gasteiger partial charge in [-0.25, -0.2) is 14.4 Å². The first-order chi connectivity index (χ1) is 15.4. The Balaban J connectivity index is 1.39. The van der Waals surface area contributed by atoms with E-state index in [4.69, 9.17) is 4.74 Å². The SMILES string of the molecule is CN(C)CCOc1ccc(N=C2NC(=O)C(=Cc3cnc(NC(=O)C4CC4)s3)S2)c(F)c1. The third-order valence-corrected chi connectivity index (χ3v) is 6.34. The van der Waals surface area contributed by atoms with Crippen LogP contribution in [0, 0.1) is 11.7 Å². The summed E-state index contributed by atoms with van der Waals surface area (Å²) in [6, 6.07) is 4.44. The molecular formula is C21H22FN5O3S2. The summed E-state index contributed by atoms with van der Waals surface area (Å²) in [4.78, 5) is 35.6. The molecule has 2 amide bonds. The normalized spacial score (nSPS) is 18.4. The average Bonchev–Trinajstić information content (AvgIpc) is 3.42. The number of thioether (sulfide) groups is 1. The third kappa shape index (κ3) is 5.93. The Morgan fingerprint density at radius 2 is 2.25 bits per heavy atom. The van der Waals surface area contributed by atoms with E-state index >= 15 is 0 Å². The van der Waals surface area contributed by atoms with Crippen LogP contribution >= 0.6 is 23.1 Å². The molecule has 4 rings (SSSR count). The predicted molar refractivity (Wildman–Crippen MR) is 125 cm³/mol. The maximum absolute atomic E-state index is 14.4. The molecule has 2 fully saturated rings. The molecule has 2 N–H and O–H groups in total. The highest BCUT2D eigenvalue weighted by molar-refractivity contribution is 8.18. The summed E-state index contributed by atoms with van der Waals surface area (Å²) in [5.74, 6) is -0.362. The topological polar surface area (TPSA) is 95.9 Å². The van der Waals surface area contributed by atoms with E-state index in [1.165, 1.54) is 23.5 Å². The minimum atomic E-state index is -0.536. The van der Waals surface area contributed by atoms with Crippen molar-refractivity contribution in [3.63, 3.8) is 0 Å². The van der Waals surface area contributed by atoms with Gasteiger partial charge in [-0.15, -0.1) is 0 Å². The molecule has 1 saturated carbocycles. The van der Waals surface area contributed by atoms with Crippen LogP contribution in [0.25, 0.3) is 6.08 Å². The number of ether oxygens (including phenoxy) is 1. The zero-order valence-corrected chi connectivity index (χ0v) is 19.2. The van der Waals surface area contributed by atoms with Gasteiger partial charge in [0, 0.05) is 24.7 Å². The van der Waals surface area contributed by atoms with E-state index in [1.807, 2.05) is 19.0 Å². The molecule has 2 aliphatic rings. The molecule has 0 bridgehead atoms. The number of likely N-dealkylation sites (N-methyl/N-ethyl adjacent to an activating group) is 1. The first-order valence-corrected chi connectivity index (χ1v) is 11.6. The van der Waals surface area contributed by atoms with Crippen molar-refractivity contribution >= 4 is 57.0 Å². The molecule has 1 saturated heterocycles. The Labute approximate surface area is 193 Å². The fourth-order valence-electron chi connectivity index (χ4n) is 2.70.